The van der Waals surface area contributed by atoms with E-state index in [2.05, 4.69) is 0 Å². The summed E-state index contributed by atoms with van der Waals surface area (Å²) < 4.78 is 25.6. The van der Waals surface area contributed by atoms with Gasteiger partial charge in [0.25, 0.3) is 5.92 Å². The van der Waals surface area contributed by atoms with Crippen molar-refractivity contribution in [1.82, 2.24) is 0 Å². The summed E-state index contributed by atoms with van der Waals surface area (Å²) in [6.07, 6.45) is 1.86. The molecule has 0 amide bonds. The van der Waals surface area contributed by atoms with Gasteiger partial charge in [-0.05, 0) is 12.0 Å². The highest BCUT2D eigenvalue weighted by Crippen LogP contribution is 2.26. The van der Waals surface area contributed by atoms with Crippen LogP contribution in [-0.4, -0.2) is 6.29 Å². The zero-order valence-corrected chi connectivity index (χ0v) is 7.97. The number of carbonyl (C=O) groups is 1. The van der Waals surface area contributed by atoms with E-state index >= 15 is 0 Å². The molecule has 0 aliphatic rings. The van der Waals surface area contributed by atoms with Crippen molar-refractivity contribution in [2.75, 3.05) is 0 Å². The first-order chi connectivity index (χ1) is 6.54. The highest BCUT2D eigenvalue weighted by molar-refractivity contribution is 5.50. The van der Waals surface area contributed by atoms with Crippen molar-refractivity contribution in [3.8, 4) is 0 Å². The molecule has 0 spiro atoms. The first kappa shape index (κ1) is 10.8. The molecule has 0 saturated heterocycles. The normalized spacial score (nSPS) is 11.4. The van der Waals surface area contributed by atoms with E-state index in [1.54, 1.807) is 12.1 Å². The first-order valence-corrected chi connectivity index (χ1v) is 4.45. The molecule has 0 unspecified atom stereocenters. The minimum atomic E-state index is -2.79. The Hall–Kier alpha value is -1.25. The van der Waals surface area contributed by atoms with Crippen LogP contribution < -0.4 is 0 Å². The third-order valence-electron chi connectivity index (χ3n) is 2.01. The van der Waals surface area contributed by atoms with Crippen LogP contribution in [0.15, 0.2) is 24.3 Å². The van der Waals surface area contributed by atoms with Crippen molar-refractivity contribution in [1.29, 1.82) is 0 Å². The second-order valence-corrected chi connectivity index (χ2v) is 3.29. The Kier molecular flexibility index (Phi) is 3.33. The van der Waals surface area contributed by atoms with Crippen LogP contribution in [0, 0.1) is 0 Å². The number of aryl methyl sites for hydroxylation is 1. The predicted molar refractivity (Wildman–Crippen MR) is 50.4 cm³/mol. The lowest BCUT2D eigenvalue weighted by Crippen LogP contribution is -2.06. The monoisotopic (exact) mass is 198 g/mol. The molecule has 1 nitrogen and oxygen atoms in total. The number of rotatable bonds is 4. The quantitative estimate of drug-likeness (QED) is 0.680. The van der Waals surface area contributed by atoms with E-state index in [0.717, 1.165) is 18.8 Å². The van der Waals surface area contributed by atoms with Gasteiger partial charge in [-0.1, -0.05) is 24.3 Å². The van der Waals surface area contributed by atoms with Gasteiger partial charge in [-0.2, -0.15) is 0 Å². The second kappa shape index (κ2) is 4.31. The standard InChI is InChI=1S/C11H12F2O/c1-11(12,13)10-6-4-9(5-7-10)3-2-8-14/h4-8H,2-3H2,1H3. The van der Waals surface area contributed by atoms with Gasteiger partial charge < -0.3 is 4.79 Å². The topological polar surface area (TPSA) is 17.1 Å². The van der Waals surface area contributed by atoms with E-state index in [1.807, 2.05) is 0 Å². The van der Waals surface area contributed by atoms with Gasteiger partial charge in [-0.15, -0.1) is 0 Å². The minimum absolute atomic E-state index is 0.00681. The lowest BCUT2D eigenvalue weighted by atomic mass is 10.0. The molecule has 0 aliphatic carbocycles. The summed E-state index contributed by atoms with van der Waals surface area (Å²) >= 11 is 0. The smallest absolute Gasteiger partial charge is 0.270 e. The molecule has 76 valence electrons. The number of halogens is 2. The summed E-state index contributed by atoms with van der Waals surface area (Å²) in [6, 6.07) is 6.08. The lowest BCUT2D eigenvalue weighted by Gasteiger charge is -2.10. The SMILES string of the molecule is CC(F)(F)c1ccc(CCC=O)cc1. The fourth-order valence-electron chi connectivity index (χ4n) is 1.19. The van der Waals surface area contributed by atoms with Crippen molar-refractivity contribution in [2.24, 2.45) is 0 Å². The number of hydrogen-bond acceptors (Lipinski definition) is 1. The number of aldehydes is 1. The van der Waals surface area contributed by atoms with Gasteiger partial charge in [-0.3, -0.25) is 0 Å². The van der Waals surface area contributed by atoms with Crippen molar-refractivity contribution in [3.05, 3.63) is 35.4 Å². The molecule has 0 atom stereocenters. The zero-order chi connectivity index (χ0) is 10.6. The molecule has 0 radical (unpaired) electrons. The average molecular weight is 198 g/mol. The average Bonchev–Trinajstić information content (AvgIpc) is 2.14. The Morgan fingerprint density at radius 1 is 1.29 bits per heavy atom. The van der Waals surface area contributed by atoms with Crippen molar-refractivity contribution >= 4 is 6.29 Å². The predicted octanol–water partition coefficient (Wildman–Crippen LogP) is 2.93. The van der Waals surface area contributed by atoms with Crippen LogP contribution in [0.1, 0.15) is 24.5 Å². The Morgan fingerprint density at radius 3 is 2.29 bits per heavy atom. The lowest BCUT2D eigenvalue weighted by molar-refractivity contribution is -0.107. The minimum Gasteiger partial charge on any atom is -0.303 e. The maximum Gasteiger partial charge on any atom is 0.270 e. The largest absolute Gasteiger partial charge is 0.303 e. The molecule has 0 N–H and O–H groups in total. The van der Waals surface area contributed by atoms with Crippen LogP contribution in [0.4, 0.5) is 8.78 Å². The third kappa shape index (κ3) is 2.91. The molecule has 1 aromatic rings. The molecule has 0 heterocycles. The van der Waals surface area contributed by atoms with Crippen molar-refractivity contribution in [3.63, 3.8) is 0 Å². The molecule has 0 bridgehead atoms. The summed E-state index contributed by atoms with van der Waals surface area (Å²) in [5.41, 5.74) is 0.914. The molecule has 1 aromatic carbocycles. The molecular formula is C11H12F2O. The summed E-state index contributed by atoms with van der Waals surface area (Å²) in [7, 11) is 0. The molecule has 0 aromatic heterocycles. The molecule has 3 heteroatoms. The van der Waals surface area contributed by atoms with Gasteiger partial charge in [-0.25, -0.2) is 8.78 Å². The summed E-state index contributed by atoms with van der Waals surface area (Å²) in [6.45, 7) is 0.868. The van der Waals surface area contributed by atoms with Gasteiger partial charge in [0.05, 0.1) is 0 Å². The summed E-state index contributed by atoms with van der Waals surface area (Å²) in [4.78, 5) is 10.1. The number of carbonyl (C=O) groups excluding carboxylic acids is 1. The Morgan fingerprint density at radius 2 is 1.86 bits per heavy atom. The van der Waals surface area contributed by atoms with Crippen LogP contribution in [-0.2, 0) is 17.1 Å². The maximum absolute atomic E-state index is 12.8. The highest BCUT2D eigenvalue weighted by Gasteiger charge is 2.23. The molecule has 0 fully saturated rings. The Balaban J connectivity index is 2.73. The fourth-order valence-corrected chi connectivity index (χ4v) is 1.19. The number of alkyl halides is 2. The number of benzene rings is 1. The zero-order valence-electron chi connectivity index (χ0n) is 7.97. The molecule has 14 heavy (non-hydrogen) atoms. The number of hydrogen-bond donors (Lipinski definition) is 0. The molecular weight excluding hydrogens is 186 g/mol. The van der Waals surface area contributed by atoms with Gasteiger partial charge in [0, 0.05) is 18.9 Å². The van der Waals surface area contributed by atoms with E-state index in [-0.39, 0.29) is 5.56 Å². The van der Waals surface area contributed by atoms with Gasteiger partial charge >= 0.3 is 0 Å². The van der Waals surface area contributed by atoms with Crippen LogP contribution in [0.3, 0.4) is 0 Å². The van der Waals surface area contributed by atoms with Crippen LogP contribution in [0.2, 0.25) is 0 Å². The van der Waals surface area contributed by atoms with E-state index in [9.17, 15) is 13.6 Å². The van der Waals surface area contributed by atoms with E-state index < -0.39 is 5.92 Å². The van der Waals surface area contributed by atoms with Crippen molar-refractivity contribution in [2.45, 2.75) is 25.7 Å². The van der Waals surface area contributed by atoms with E-state index in [0.29, 0.717) is 12.8 Å². The Bertz CT molecular complexity index is 298. The van der Waals surface area contributed by atoms with Gasteiger partial charge in [0.2, 0.25) is 0 Å². The van der Waals surface area contributed by atoms with Gasteiger partial charge in [0.1, 0.15) is 6.29 Å². The molecule has 1 rings (SSSR count). The highest BCUT2D eigenvalue weighted by atomic mass is 19.3. The van der Waals surface area contributed by atoms with E-state index in [1.165, 1.54) is 12.1 Å². The summed E-state index contributed by atoms with van der Waals surface area (Å²) in [5, 5.41) is 0. The second-order valence-electron chi connectivity index (χ2n) is 3.29. The first-order valence-electron chi connectivity index (χ1n) is 4.45. The summed E-state index contributed by atoms with van der Waals surface area (Å²) in [5.74, 6) is -2.79. The van der Waals surface area contributed by atoms with Crippen molar-refractivity contribution < 1.29 is 13.6 Å². The van der Waals surface area contributed by atoms with Crippen LogP contribution in [0.5, 0.6) is 0 Å². The van der Waals surface area contributed by atoms with Crippen LogP contribution in [0.25, 0.3) is 0 Å². The fraction of sp³-hybridized carbons (Fsp3) is 0.364. The third-order valence-corrected chi connectivity index (χ3v) is 2.01. The maximum atomic E-state index is 12.8. The van der Waals surface area contributed by atoms with Crippen LogP contribution >= 0.6 is 0 Å². The molecule has 0 aliphatic heterocycles. The molecule has 0 saturated carbocycles. The van der Waals surface area contributed by atoms with Gasteiger partial charge in [0.15, 0.2) is 0 Å². The Labute approximate surface area is 81.7 Å². The van der Waals surface area contributed by atoms with E-state index in [4.69, 9.17) is 0 Å².